The molecule has 1 heterocycles. The highest BCUT2D eigenvalue weighted by molar-refractivity contribution is 7.99. The van der Waals surface area contributed by atoms with E-state index < -0.39 is 5.97 Å². The van der Waals surface area contributed by atoms with E-state index >= 15 is 0 Å². The molecule has 2 aromatic rings. The first-order chi connectivity index (χ1) is 11.1. The third-order valence-electron chi connectivity index (χ3n) is 3.63. The molecule has 0 spiro atoms. The summed E-state index contributed by atoms with van der Waals surface area (Å²) in [5.74, 6) is 0.320. The average molecular weight is 327 g/mol. The molecule has 0 saturated heterocycles. The van der Waals surface area contributed by atoms with E-state index in [4.69, 9.17) is 4.74 Å². The van der Waals surface area contributed by atoms with Crippen molar-refractivity contribution in [2.75, 3.05) is 11.1 Å². The third kappa shape index (κ3) is 3.74. The first kappa shape index (κ1) is 15.6. The third-order valence-corrected chi connectivity index (χ3v) is 4.70. The first-order valence-electron chi connectivity index (χ1n) is 7.46. The Hall–Kier alpha value is -2.27. The lowest BCUT2D eigenvalue weighted by atomic mass is 10.1. The summed E-state index contributed by atoms with van der Waals surface area (Å²) in [6.07, 6.45) is 0.149. The maximum absolute atomic E-state index is 12.3. The van der Waals surface area contributed by atoms with Gasteiger partial charge >= 0.3 is 5.97 Å². The second kappa shape index (κ2) is 6.87. The van der Waals surface area contributed by atoms with E-state index in [1.54, 1.807) is 23.9 Å². The van der Waals surface area contributed by atoms with E-state index in [9.17, 15) is 9.59 Å². The van der Waals surface area contributed by atoms with Crippen molar-refractivity contribution in [1.29, 1.82) is 0 Å². The van der Waals surface area contributed by atoms with Gasteiger partial charge in [0, 0.05) is 17.1 Å². The molecule has 1 N–H and O–H groups in total. The van der Waals surface area contributed by atoms with Gasteiger partial charge in [-0.15, -0.1) is 11.8 Å². The van der Waals surface area contributed by atoms with Crippen LogP contribution >= 0.6 is 11.8 Å². The van der Waals surface area contributed by atoms with Gasteiger partial charge in [-0.05, 0) is 30.7 Å². The molecular formula is C18H17NO3S. The Morgan fingerprint density at radius 2 is 2.00 bits per heavy atom. The zero-order chi connectivity index (χ0) is 16.2. The number of benzene rings is 2. The van der Waals surface area contributed by atoms with Crippen molar-refractivity contribution in [3.05, 3.63) is 59.7 Å². The fourth-order valence-electron chi connectivity index (χ4n) is 2.37. The molecule has 0 fully saturated rings. The molecule has 1 atom stereocenters. The van der Waals surface area contributed by atoms with Crippen molar-refractivity contribution in [3.63, 3.8) is 0 Å². The lowest BCUT2D eigenvalue weighted by Crippen LogP contribution is -2.12. The van der Waals surface area contributed by atoms with E-state index in [0.29, 0.717) is 17.7 Å². The quantitative estimate of drug-likeness (QED) is 0.865. The predicted molar refractivity (Wildman–Crippen MR) is 90.7 cm³/mol. The Labute approximate surface area is 139 Å². The molecule has 0 aromatic heterocycles. The number of ether oxygens (including phenoxy) is 1. The predicted octanol–water partition coefficient (Wildman–Crippen LogP) is 4.04. The van der Waals surface area contributed by atoms with Crippen molar-refractivity contribution >= 4 is 29.3 Å². The molecule has 2 aromatic carbocycles. The number of rotatable bonds is 3. The zero-order valence-corrected chi connectivity index (χ0v) is 13.6. The molecule has 0 aliphatic carbocycles. The molecule has 0 unspecified atom stereocenters. The number of hydrogen-bond donors (Lipinski definition) is 1. The fourth-order valence-corrected chi connectivity index (χ4v) is 3.30. The summed E-state index contributed by atoms with van der Waals surface area (Å²) in [5, 5.41) is 2.84. The second-order valence-corrected chi connectivity index (χ2v) is 6.45. The second-order valence-electron chi connectivity index (χ2n) is 5.32. The number of anilines is 1. The molecule has 0 bridgehead atoms. The van der Waals surface area contributed by atoms with Gasteiger partial charge in [0.2, 0.25) is 5.91 Å². The lowest BCUT2D eigenvalue weighted by molar-refractivity contribution is -0.115. The van der Waals surface area contributed by atoms with Gasteiger partial charge in [-0.2, -0.15) is 0 Å². The largest absolute Gasteiger partial charge is 0.454 e. The first-order valence-corrected chi connectivity index (χ1v) is 8.44. The van der Waals surface area contributed by atoms with E-state index in [2.05, 4.69) is 5.32 Å². The summed E-state index contributed by atoms with van der Waals surface area (Å²) in [7, 11) is 0. The minimum atomic E-state index is -0.396. The minimum absolute atomic E-state index is 0.0283. The molecule has 118 valence electrons. The maximum Gasteiger partial charge on any atom is 0.338 e. The number of amides is 1. The Morgan fingerprint density at radius 1 is 1.22 bits per heavy atom. The fraction of sp³-hybridized carbons (Fsp3) is 0.222. The SMILES string of the molecule is C[C@H](OC(=O)c1ccc2c(c1)NC(=O)CCS2)c1ccccc1. The van der Waals surface area contributed by atoms with Gasteiger partial charge < -0.3 is 10.1 Å². The molecule has 23 heavy (non-hydrogen) atoms. The van der Waals surface area contributed by atoms with Gasteiger partial charge in [-0.3, -0.25) is 4.79 Å². The number of carbonyl (C=O) groups is 2. The van der Waals surface area contributed by atoms with Crippen LogP contribution in [0.3, 0.4) is 0 Å². The van der Waals surface area contributed by atoms with Crippen molar-refractivity contribution in [3.8, 4) is 0 Å². The summed E-state index contributed by atoms with van der Waals surface area (Å²) in [4.78, 5) is 25.0. The summed E-state index contributed by atoms with van der Waals surface area (Å²) in [5.41, 5.74) is 2.06. The Bertz CT molecular complexity index is 730. The topological polar surface area (TPSA) is 55.4 Å². The Kier molecular flexibility index (Phi) is 4.67. The van der Waals surface area contributed by atoms with Crippen LogP contribution in [0.4, 0.5) is 5.69 Å². The number of fused-ring (bicyclic) bond motifs is 1. The number of nitrogens with one attached hydrogen (secondary N) is 1. The van der Waals surface area contributed by atoms with Gasteiger partial charge in [-0.1, -0.05) is 30.3 Å². The summed E-state index contributed by atoms with van der Waals surface area (Å²) >= 11 is 1.61. The van der Waals surface area contributed by atoms with Crippen LogP contribution in [0.15, 0.2) is 53.4 Å². The summed E-state index contributed by atoms with van der Waals surface area (Å²) < 4.78 is 5.51. The van der Waals surface area contributed by atoms with Crippen LogP contribution in [-0.2, 0) is 9.53 Å². The molecule has 5 heteroatoms. The van der Waals surface area contributed by atoms with Gasteiger partial charge in [-0.25, -0.2) is 4.79 Å². The average Bonchev–Trinajstić information content (AvgIpc) is 2.75. The highest BCUT2D eigenvalue weighted by Crippen LogP contribution is 2.32. The van der Waals surface area contributed by atoms with Gasteiger partial charge in [0.15, 0.2) is 0 Å². The van der Waals surface area contributed by atoms with Crippen molar-refractivity contribution in [1.82, 2.24) is 0 Å². The standard InChI is InChI=1S/C18H17NO3S/c1-12(13-5-3-2-4-6-13)22-18(21)14-7-8-16-15(11-14)19-17(20)9-10-23-16/h2-8,11-12H,9-10H2,1H3,(H,19,20)/t12-/m0/s1. The highest BCUT2D eigenvalue weighted by Gasteiger charge is 2.18. The molecule has 3 rings (SSSR count). The van der Waals surface area contributed by atoms with E-state index in [1.807, 2.05) is 43.3 Å². The van der Waals surface area contributed by atoms with E-state index in [-0.39, 0.29) is 12.0 Å². The van der Waals surface area contributed by atoms with Crippen LogP contribution in [-0.4, -0.2) is 17.6 Å². The minimum Gasteiger partial charge on any atom is -0.454 e. The summed E-state index contributed by atoms with van der Waals surface area (Å²) in [6, 6.07) is 14.9. The van der Waals surface area contributed by atoms with Crippen LogP contribution in [0.2, 0.25) is 0 Å². The molecule has 1 aliphatic heterocycles. The number of thioether (sulfide) groups is 1. The van der Waals surface area contributed by atoms with Crippen LogP contribution in [0.1, 0.15) is 35.4 Å². The Balaban J connectivity index is 1.76. The van der Waals surface area contributed by atoms with Crippen LogP contribution < -0.4 is 5.32 Å². The smallest absolute Gasteiger partial charge is 0.338 e. The lowest BCUT2D eigenvalue weighted by Gasteiger charge is -2.14. The monoisotopic (exact) mass is 327 g/mol. The molecule has 1 amide bonds. The number of carbonyl (C=O) groups excluding carboxylic acids is 2. The molecule has 4 nitrogen and oxygen atoms in total. The number of hydrogen-bond acceptors (Lipinski definition) is 4. The maximum atomic E-state index is 12.3. The van der Waals surface area contributed by atoms with E-state index in [0.717, 1.165) is 16.2 Å². The number of esters is 1. The van der Waals surface area contributed by atoms with E-state index in [1.165, 1.54) is 0 Å². The Morgan fingerprint density at radius 3 is 2.78 bits per heavy atom. The molecular weight excluding hydrogens is 310 g/mol. The normalized spacial score (nSPS) is 15.1. The molecule has 0 radical (unpaired) electrons. The zero-order valence-electron chi connectivity index (χ0n) is 12.7. The van der Waals surface area contributed by atoms with Gasteiger partial charge in [0.25, 0.3) is 0 Å². The van der Waals surface area contributed by atoms with Gasteiger partial charge in [0.1, 0.15) is 6.10 Å². The van der Waals surface area contributed by atoms with Crippen molar-refractivity contribution in [2.45, 2.75) is 24.3 Å². The molecule has 1 aliphatic rings. The van der Waals surface area contributed by atoms with Crippen molar-refractivity contribution in [2.24, 2.45) is 0 Å². The van der Waals surface area contributed by atoms with Gasteiger partial charge in [0.05, 0.1) is 11.3 Å². The van der Waals surface area contributed by atoms with Crippen molar-refractivity contribution < 1.29 is 14.3 Å². The molecule has 0 saturated carbocycles. The van der Waals surface area contributed by atoms with Crippen LogP contribution in [0, 0.1) is 0 Å². The van der Waals surface area contributed by atoms with Crippen LogP contribution in [0.5, 0.6) is 0 Å². The summed E-state index contributed by atoms with van der Waals surface area (Å²) in [6.45, 7) is 1.84. The highest BCUT2D eigenvalue weighted by atomic mass is 32.2. The van der Waals surface area contributed by atoms with Crippen LogP contribution in [0.25, 0.3) is 0 Å².